The van der Waals surface area contributed by atoms with Gasteiger partial charge in [-0.1, -0.05) is 34.8 Å². The van der Waals surface area contributed by atoms with Gasteiger partial charge in [-0.05, 0) is 18.2 Å². The third kappa shape index (κ3) is 3.20. The maximum atomic E-state index is 13.8. The van der Waals surface area contributed by atoms with Crippen LogP contribution in [0.5, 0.6) is 0 Å². The molecule has 0 spiro atoms. The summed E-state index contributed by atoms with van der Waals surface area (Å²) in [6.07, 6.45) is 0.839. The molecule has 2 aromatic rings. The zero-order valence-corrected chi connectivity index (χ0v) is 12.1. The minimum atomic E-state index is -1.16. The molecule has 20 heavy (non-hydrogen) atoms. The highest BCUT2D eigenvalue weighted by molar-refractivity contribution is 6.45. The number of carboxylic acid groups (broad SMARTS) is 1. The van der Waals surface area contributed by atoms with Gasteiger partial charge in [0.1, 0.15) is 5.82 Å². The Kier molecular flexibility index (Phi) is 4.48. The van der Waals surface area contributed by atoms with Crippen LogP contribution in [-0.4, -0.2) is 16.1 Å². The summed E-state index contributed by atoms with van der Waals surface area (Å²) < 4.78 is 13.8. The molecular formula is C13H7Cl3FNO2. The lowest BCUT2D eigenvalue weighted by molar-refractivity contribution is -0.136. The standard InChI is InChI=1S/C13H7Cl3FNO2/c14-7-2-8(13(16)9(15)3-7)6-1-10(17)11(18-5-6)4-12(19)20/h1-3,5H,4H2,(H,19,20). The summed E-state index contributed by atoms with van der Waals surface area (Å²) in [7, 11) is 0. The van der Waals surface area contributed by atoms with Crippen molar-refractivity contribution in [2.45, 2.75) is 6.42 Å². The van der Waals surface area contributed by atoms with Crippen LogP contribution in [0.15, 0.2) is 24.4 Å². The first-order valence-corrected chi connectivity index (χ1v) is 6.53. The van der Waals surface area contributed by atoms with Crippen LogP contribution in [-0.2, 0) is 11.2 Å². The Labute approximate surface area is 128 Å². The second-order valence-corrected chi connectivity index (χ2v) is 5.19. The van der Waals surface area contributed by atoms with E-state index < -0.39 is 18.2 Å². The summed E-state index contributed by atoms with van der Waals surface area (Å²) in [6.45, 7) is 0. The molecule has 0 saturated carbocycles. The summed E-state index contributed by atoms with van der Waals surface area (Å²) in [5.41, 5.74) is 0.647. The molecule has 1 heterocycles. The molecular weight excluding hydrogens is 328 g/mol. The summed E-state index contributed by atoms with van der Waals surface area (Å²) >= 11 is 17.8. The van der Waals surface area contributed by atoms with Crippen LogP contribution in [0.3, 0.4) is 0 Å². The van der Waals surface area contributed by atoms with Crippen molar-refractivity contribution >= 4 is 40.8 Å². The minimum absolute atomic E-state index is 0.148. The summed E-state index contributed by atoms with van der Waals surface area (Å²) in [4.78, 5) is 14.4. The first-order chi connectivity index (χ1) is 9.38. The quantitative estimate of drug-likeness (QED) is 0.842. The number of pyridine rings is 1. The van der Waals surface area contributed by atoms with E-state index in [4.69, 9.17) is 39.9 Å². The minimum Gasteiger partial charge on any atom is -0.481 e. The highest BCUT2D eigenvalue weighted by Crippen LogP contribution is 2.36. The third-order valence-electron chi connectivity index (χ3n) is 2.54. The van der Waals surface area contributed by atoms with E-state index in [0.717, 1.165) is 6.07 Å². The molecule has 1 aromatic carbocycles. The third-order valence-corrected chi connectivity index (χ3v) is 3.56. The van der Waals surface area contributed by atoms with Crippen molar-refractivity contribution in [3.63, 3.8) is 0 Å². The summed E-state index contributed by atoms with van der Waals surface area (Å²) in [5, 5.41) is 9.45. The van der Waals surface area contributed by atoms with Crippen LogP contribution in [0.2, 0.25) is 15.1 Å². The van der Waals surface area contributed by atoms with E-state index in [1.54, 1.807) is 0 Å². The summed E-state index contributed by atoms with van der Waals surface area (Å²) in [6, 6.07) is 4.15. The Morgan fingerprint density at radius 3 is 2.55 bits per heavy atom. The van der Waals surface area contributed by atoms with E-state index in [0.29, 0.717) is 16.1 Å². The molecule has 2 rings (SSSR count). The first-order valence-electron chi connectivity index (χ1n) is 5.39. The van der Waals surface area contributed by atoms with Gasteiger partial charge in [0.2, 0.25) is 0 Å². The Balaban J connectivity index is 2.49. The predicted octanol–water partition coefficient (Wildman–Crippen LogP) is 4.48. The molecule has 0 atom stereocenters. The molecule has 1 N–H and O–H groups in total. The van der Waals surface area contributed by atoms with Gasteiger partial charge in [0.15, 0.2) is 0 Å². The molecule has 1 aromatic heterocycles. The van der Waals surface area contributed by atoms with Crippen molar-refractivity contribution in [1.29, 1.82) is 0 Å². The monoisotopic (exact) mass is 333 g/mol. The molecule has 0 saturated heterocycles. The number of benzene rings is 1. The number of rotatable bonds is 3. The molecule has 0 aliphatic rings. The smallest absolute Gasteiger partial charge is 0.309 e. The van der Waals surface area contributed by atoms with E-state index in [1.807, 2.05) is 0 Å². The van der Waals surface area contributed by atoms with Gasteiger partial charge in [-0.25, -0.2) is 4.39 Å². The van der Waals surface area contributed by atoms with Gasteiger partial charge in [-0.15, -0.1) is 0 Å². The van der Waals surface area contributed by atoms with Crippen molar-refractivity contribution in [2.24, 2.45) is 0 Å². The van der Waals surface area contributed by atoms with E-state index in [1.165, 1.54) is 18.3 Å². The first kappa shape index (κ1) is 15.0. The van der Waals surface area contributed by atoms with Gasteiger partial charge >= 0.3 is 5.97 Å². The largest absolute Gasteiger partial charge is 0.481 e. The van der Waals surface area contributed by atoms with Crippen molar-refractivity contribution in [3.8, 4) is 11.1 Å². The molecule has 0 aliphatic heterocycles. The number of aromatic nitrogens is 1. The Hall–Kier alpha value is -1.36. The lowest BCUT2D eigenvalue weighted by Crippen LogP contribution is -2.05. The Bertz CT molecular complexity index is 692. The molecule has 0 amide bonds. The number of carboxylic acids is 1. The van der Waals surface area contributed by atoms with Gasteiger partial charge in [-0.3, -0.25) is 9.78 Å². The van der Waals surface area contributed by atoms with Crippen molar-refractivity contribution in [3.05, 3.63) is 51.0 Å². The number of nitrogens with zero attached hydrogens (tertiary/aromatic N) is 1. The van der Waals surface area contributed by atoms with Crippen LogP contribution >= 0.6 is 34.8 Å². The van der Waals surface area contributed by atoms with Crippen LogP contribution < -0.4 is 0 Å². The van der Waals surface area contributed by atoms with Crippen LogP contribution in [0.25, 0.3) is 11.1 Å². The molecule has 0 radical (unpaired) electrons. The van der Waals surface area contributed by atoms with Crippen LogP contribution in [0, 0.1) is 5.82 Å². The number of halogens is 4. The van der Waals surface area contributed by atoms with E-state index in [9.17, 15) is 9.18 Å². The second-order valence-electron chi connectivity index (χ2n) is 3.97. The van der Waals surface area contributed by atoms with Gasteiger partial charge in [0.05, 0.1) is 22.2 Å². The fourth-order valence-corrected chi connectivity index (χ4v) is 2.36. The molecule has 7 heteroatoms. The van der Waals surface area contributed by atoms with Gasteiger partial charge in [-0.2, -0.15) is 0 Å². The van der Waals surface area contributed by atoms with E-state index >= 15 is 0 Å². The zero-order valence-electron chi connectivity index (χ0n) is 9.83. The Morgan fingerprint density at radius 1 is 1.25 bits per heavy atom. The van der Waals surface area contributed by atoms with Gasteiger partial charge in [0.25, 0.3) is 0 Å². The molecule has 0 fully saturated rings. The van der Waals surface area contributed by atoms with E-state index in [2.05, 4.69) is 4.98 Å². The van der Waals surface area contributed by atoms with Crippen molar-refractivity contribution in [2.75, 3.05) is 0 Å². The number of hydrogen-bond acceptors (Lipinski definition) is 2. The maximum Gasteiger partial charge on any atom is 0.309 e. The number of carbonyl (C=O) groups is 1. The topological polar surface area (TPSA) is 50.2 Å². The number of hydrogen-bond donors (Lipinski definition) is 1. The van der Waals surface area contributed by atoms with E-state index in [-0.39, 0.29) is 15.7 Å². The van der Waals surface area contributed by atoms with Gasteiger partial charge < -0.3 is 5.11 Å². The predicted molar refractivity (Wildman–Crippen MR) is 76.0 cm³/mol. The second kappa shape index (κ2) is 5.95. The average Bonchev–Trinajstić information content (AvgIpc) is 2.36. The zero-order chi connectivity index (χ0) is 14.9. The normalized spacial score (nSPS) is 10.6. The fourth-order valence-electron chi connectivity index (χ4n) is 1.65. The molecule has 3 nitrogen and oxygen atoms in total. The van der Waals surface area contributed by atoms with Crippen molar-refractivity contribution < 1.29 is 14.3 Å². The highest BCUT2D eigenvalue weighted by Gasteiger charge is 2.14. The Morgan fingerprint density at radius 2 is 1.95 bits per heavy atom. The van der Waals surface area contributed by atoms with Gasteiger partial charge in [0, 0.05) is 22.3 Å². The highest BCUT2D eigenvalue weighted by atomic mass is 35.5. The maximum absolute atomic E-state index is 13.8. The fraction of sp³-hybridized carbons (Fsp3) is 0.0769. The number of aliphatic carboxylic acids is 1. The molecule has 0 bridgehead atoms. The SMILES string of the molecule is O=C(O)Cc1ncc(-c2cc(Cl)cc(Cl)c2Cl)cc1F. The summed E-state index contributed by atoms with van der Waals surface area (Å²) in [5.74, 6) is -1.88. The molecule has 0 aliphatic carbocycles. The lowest BCUT2D eigenvalue weighted by atomic mass is 10.1. The van der Waals surface area contributed by atoms with Crippen LogP contribution in [0.4, 0.5) is 4.39 Å². The van der Waals surface area contributed by atoms with Crippen molar-refractivity contribution in [1.82, 2.24) is 4.98 Å². The van der Waals surface area contributed by atoms with Crippen LogP contribution in [0.1, 0.15) is 5.69 Å². The lowest BCUT2D eigenvalue weighted by Gasteiger charge is -2.08. The molecule has 104 valence electrons. The average molecular weight is 335 g/mol. The molecule has 0 unspecified atom stereocenters.